The zero-order chi connectivity index (χ0) is 13.2. The van der Waals surface area contributed by atoms with Crippen LogP contribution in [-0.4, -0.2) is 15.2 Å². The van der Waals surface area contributed by atoms with E-state index in [0.717, 1.165) is 0 Å². The quantitative estimate of drug-likeness (QED) is 0.653. The number of carbonyl (C=O) groups is 1. The van der Waals surface area contributed by atoms with Gasteiger partial charge in [-0.15, -0.1) is 0 Å². The van der Waals surface area contributed by atoms with Crippen LogP contribution in [0.15, 0.2) is 65.7 Å². The molecule has 0 atom stereocenters. The summed E-state index contributed by atoms with van der Waals surface area (Å²) in [5, 5.41) is 0. The molecule has 92 valence electrons. The number of aromatic nitrogens is 2. The summed E-state index contributed by atoms with van der Waals surface area (Å²) in [6.07, 6.45) is 2.94. The minimum absolute atomic E-state index is 0.0786. The fraction of sp³-hybridized carbons (Fsp3) is 0. The average Bonchev–Trinajstić information content (AvgIpc) is 2.48. The lowest BCUT2D eigenvalue weighted by molar-refractivity contribution is 0.103. The standard InChI is InChI=1S/C15H10N2O2/c18-14(11-6-2-1-3-7-11)12-10-16-13-8-4-5-9-17(13)15(12)19/h1-10H. The van der Waals surface area contributed by atoms with Crippen molar-refractivity contribution in [2.24, 2.45) is 0 Å². The second-order valence-corrected chi connectivity index (χ2v) is 4.10. The minimum Gasteiger partial charge on any atom is -0.288 e. The molecular weight excluding hydrogens is 240 g/mol. The van der Waals surface area contributed by atoms with E-state index >= 15 is 0 Å². The summed E-state index contributed by atoms with van der Waals surface area (Å²) in [6, 6.07) is 14.0. The van der Waals surface area contributed by atoms with Crippen LogP contribution in [0.4, 0.5) is 0 Å². The molecule has 0 bridgehead atoms. The van der Waals surface area contributed by atoms with E-state index in [9.17, 15) is 9.59 Å². The lowest BCUT2D eigenvalue weighted by atomic mass is 10.1. The number of hydrogen-bond donors (Lipinski definition) is 0. The van der Waals surface area contributed by atoms with E-state index in [4.69, 9.17) is 0 Å². The average molecular weight is 250 g/mol. The van der Waals surface area contributed by atoms with E-state index in [-0.39, 0.29) is 16.9 Å². The van der Waals surface area contributed by atoms with Crippen LogP contribution in [0.1, 0.15) is 15.9 Å². The maximum Gasteiger partial charge on any atom is 0.269 e. The fourth-order valence-electron chi connectivity index (χ4n) is 1.93. The Morgan fingerprint density at radius 2 is 1.74 bits per heavy atom. The molecule has 4 nitrogen and oxygen atoms in total. The Labute approximate surface area is 109 Å². The number of benzene rings is 1. The van der Waals surface area contributed by atoms with Gasteiger partial charge in [0.25, 0.3) is 5.56 Å². The number of pyridine rings is 1. The summed E-state index contributed by atoms with van der Waals surface area (Å²) in [7, 11) is 0. The molecule has 0 spiro atoms. The Hall–Kier alpha value is -2.75. The van der Waals surface area contributed by atoms with Crippen molar-refractivity contribution in [2.75, 3.05) is 0 Å². The fourth-order valence-corrected chi connectivity index (χ4v) is 1.93. The largest absolute Gasteiger partial charge is 0.288 e. The summed E-state index contributed by atoms with van der Waals surface area (Å²) < 4.78 is 1.37. The number of ketones is 1. The van der Waals surface area contributed by atoms with E-state index in [1.807, 2.05) is 6.07 Å². The predicted molar refractivity (Wildman–Crippen MR) is 71.3 cm³/mol. The Morgan fingerprint density at radius 1 is 1.00 bits per heavy atom. The molecule has 2 aromatic heterocycles. The van der Waals surface area contributed by atoms with Crippen molar-refractivity contribution in [2.45, 2.75) is 0 Å². The smallest absolute Gasteiger partial charge is 0.269 e. The van der Waals surface area contributed by atoms with Gasteiger partial charge in [0.1, 0.15) is 11.2 Å². The lowest BCUT2D eigenvalue weighted by Crippen LogP contribution is -2.23. The van der Waals surface area contributed by atoms with Crippen LogP contribution >= 0.6 is 0 Å². The molecule has 0 amide bonds. The van der Waals surface area contributed by atoms with Crippen LogP contribution < -0.4 is 5.56 Å². The van der Waals surface area contributed by atoms with Gasteiger partial charge in [-0.25, -0.2) is 4.98 Å². The number of nitrogens with zero attached hydrogens (tertiary/aromatic N) is 2. The normalized spacial score (nSPS) is 10.5. The van der Waals surface area contributed by atoms with Gasteiger partial charge in [0.05, 0.1) is 0 Å². The first kappa shape index (κ1) is 11.3. The summed E-state index contributed by atoms with van der Waals surface area (Å²) in [5.41, 5.74) is 0.740. The molecule has 0 aliphatic carbocycles. The highest BCUT2D eigenvalue weighted by atomic mass is 16.1. The number of fused-ring (bicyclic) bond motifs is 1. The number of rotatable bonds is 2. The van der Waals surface area contributed by atoms with Crippen LogP contribution in [0.5, 0.6) is 0 Å². The monoisotopic (exact) mass is 250 g/mol. The second-order valence-electron chi connectivity index (χ2n) is 4.10. The van der Waals surface area contributed by atoms with Gasteiger partial charge in [0, 0.05) is 18.0 Å². The van der Waals surface area contributed by atoms with Gasteiger partial charge in [-0.05, 0) is 12.1 Å². The van der Waals surface area contributed by atoms with E-state index in [2.05, 4.69) is 4.98 Å². The Kier molecular flexibility index (Phi) is 2.68. The molecule has 0 N–H and O–H groups in total. The van der Waals surface area contributed by atoms with Crippen molar-refractivity contribution in [1.82, 2.24) is 9.38 Å². The van der Waals surface area contributed by atoms with Gasteiger partial charge in [-0.2, -0.15) is 0 Å². The molecule has 3 rings (SSSR count). The van der Waals surface area contributed by atoms with E-state index in [1.165, 1.54) is 10.6 Å². The summed E-state index contributed by atoms with van der Waals surface area (Å²) >= 11 is 0. The second kappa shape index (κ2) is 4.49. The molecule has 0 unspecified atom stereocenters. The Balaban J connectivity index is 2.19. The molecular formula is C15H10N2O2. The zero-order valence-corrected chi connectivity index (χ0v) is 9.98. The number of carbonyl (C=O) groups excluding carboxylic acids is 1. The molecule has 0 saturated carbocycles. The highest BCUT2D eigenvalue weighted by molar-refractivity contribution is 6.08. The Bertz CT molecular complexity index is 807. The third-order valence-electron chi connectivity index (χ3n) is 2.89. The van der Waals surface area contributed by atoms with Crippen LogP contribution in [0.25, 0.3) is 5.65 Å². The van der Waals surface area contributed by atoms with Crippen molar-refractivity contribution in [3.63, 3.8) is 0 Å². The van der Waals surface area contributed by atoms with Gasteiger partial charge in [-0.1, -0.05) is 36.4 Å². The van der Waals surface area contributed by atoms with Gasteiger partial charge >= 0.3 is 0 Å². The van der Waals surface area contributed by atoms with E-state index in [1.54, 1.807) is 48.7 Å². The van der Waals surface area contributed by atoms with Crippen LogP contribution in [-0.2, 0) is 0 Å². The molecule has 2 heterocycles. The molecule has 0 saturated heterocycles. The maximum absolute atomic E-state index is 12.3. The molecule has 0 aliphatic heterocycles. The molecule has 0 fully saturated rings. The first-order valence-corrected chi connectivity index (χ1v) is 5.83. The Morgan fingerprint density at radius 3 is 2.53 bits per heavy atom. The highest BCUT2D eigenvalue weighted by Gasteiger charge is 2.14. The topological polar surface area (TPSA) is 51.4 Å². The highest BCUT2D eigenvalue weighted by Crippen LogP contribution is 2.06. The van der Waals surface area contributed by atoms with Crippen LogP contribution in [0, 0.1) is 0 Å². The van der Waals surface area contributed by atoms with E-state index < -0.39 is 0 Å². The molecule has 1 aromatic carbocycles. The van der Waals surface area contributed by atoms with Crippen molar-refractivity contribution < 1.29 is 4.79 Å². The first-order valence-electron chi connectivity index (χ1n) is 5.83. The molecule has 19 heavy (non-hydrogen) atoms. The van der Waals surface area contributed by atoms with Crippen molar-refractivity contribution in [1.29, 1.82) is 0 Å². The van der Waals surface area contributed by atoms with Gasteiger partial charge in [0.2, 0.25) is 0 Å². The molecule has 4 heteroatoms. The molecule has 0 aliphatic rings. The SMILES string of the molecule is O=C(c1ccccc1)c1cnc2ccccn2c1=O. The predicted octanol–water partition coefficient (Wildman–Crippen LogP) is 1.93. The van der Waals surface area contributed by atoms with Crippen LogP contribution in [0.2, 0.25) is 0 Å². The lowest BCUT2D eigenvalue weighted by Gasteiger charge is -2.03. The summed E-state index contributed by atoms with van der Waals surface area (Å²) in [4.78, 5) is 28.6. The summed E-state index contributed by atoms with van der Waals surface area (Å²) in [6.45, 7) is 0. The zero-order valence-electron chi connectivity index (χ0n) is 9.98. The molecule has 0 radical (unpaired) electrons. The molecule has 3 aromatic rings. The third kappa shape index (κ3) is 1.93. The van der Waals surface area contributed by atoms with Crippen molar-refractivity contribution in [3.8, 4) is 0 Å². The summed E-state index contributed by atoms with van der Waals surface area (Å²) in [5.74, 6) is -0.309. The van der Waals surface area contributed by atoms with Gasteiger partial charge in [0.15, 0.2) is 5.78 Å². The van der Waals surface area contributed by atoms with Gasteiger partial charge in [-0.3, -0.25) is 14.0 Å². The van der Waals surface area contributed by atoms with Gasteiger partial charge < -0.3 is 0 Å². The van der Waals surface area contributed by atoms with Crippen LogP contribution in [0.3, 0.4) is 0 Å². The maximum atomic E-state index is 12.3. The first-order chi connectivity index (χ1) is 9.27. The van der Waals surface area contributed by atoms with E-state index in [0.29, 0.717) is 11.2 Å². The minimum atomic E-state index is -0.348. The van der Waals surface area contributed by atoms with Crippen molar-refractivity contribution >= 4 is 11.4 Å². The van der Waals surface area contributed by atoms with Crippen molar-refractivity contribution in [3.05, 3.63) is 82.4 Å². The third-order valence-corrected chi connectivity index (χ3v) is 2.89. The number of hydrogen-bond acceptors (Lipinski definition) is 3.